The van der Waals surface area contributed by atoms with Crippen molar-refractivity contribution < 1.29 is 4.74 Å². The van der Waals surface area contributed by atoms with Crippen LogP contribution in [0.1, 0.15) is 72.1 Å². The Labute approximate surface area is 121 Å². The molecule has 0 radical (unpaired) electrons. The van der Waals surface area contributed by atoms with Crippen LogP contribution < -0.4 is 0 Å². The molecular weight excluding hydrogens is 288 g/mol. The van der Waals surface area contributed by atoms with E-state index in [9.17, 15) is 0 Å². The molecular formula is C16H29BrO. The first-order valence-electron chi connectivity index (χ1n) is 7.69. The van der Waals surface area contributed by atoms with Crippen LogP contribution in [0, 0.1) is 11.3 Å². The zero-order valence-electron chi connectivity index (χ0n) is 12.3. The minimum Gasteiger partial charge on any atom is -0.372 e. The summed E-state index contributed by atoms with van der Waals surface area (Å²) in [5.41, 5.74) is 0.673. The second-order valence-electron chi connectivity index (χ2n) is 7.48. The fourth-order valence-corrected chi connectivity index (χ4v) is 4.83. The van der Waals surface area contributed by atoms with E-state index in [1.807, 2.05) is 0 Å². The molecule has 2 atom stereocenters. The summed E-state index contributed by atoms with van der Waals surface area (Å²) in [4.78, 5) is 0. The average Bonchev–Trinajstić information content (AvgIpc) is 2.68. The third kappa shape index (κ3) is 3.50. The van der Waals surface area contributed by atoms with Gasteiger partial charge in [-0.3, -0.25) is 0 Å². The summed E-state index contributed by atoms with van der Waals surface area (Å²) in [7, 11) is 0. The van der Waals surface area contributed by atoms with Gasteiger partial charge in [-0.05, 0) is 43.4 Å². The zero-order valence-corrected chi connectivity index (χ0v) is 13.9. The lowest BCUT2D eigenvalue weighted by Crippen LogP contribution is -2.33. The molecule has 0 aromatic rings. The van der Waals surface area contributed by atoms with E-state index in [0.717, 1.165) is 11.2 Å². The molecule has 0 aromatic heterocycles. The van der Waals surface area contributed by atoms with Gasteiger partial charge in [-0.25, -0.2) is 0 Å². The lowest BCUT2D eigenvalue weighted by Gasteiger charge is -2.35. The maximum absolute atomic E-state index is 6.50. The van der Waals surface area contributed by atoms with Crippen molar-refractivity contribution in [3.05, 3.63) is 0 Å². The third-order valence-electron chi connectivity index (χ3n) is 5.06. The molecule has 0 N–H and O–H groups in total. The Morgan fingerprint density at radius 2 is 1.83 bits per heavy atom. The molecule has 1 spiro atoms. The van der Waals surface area contributed by atoms with Gasteiger partial charge in [0.1, 0.15) is 0 Å². The van der Waals surface area contributed by atoms with E-state index < -0.39 is 0 Å². The molecule has 1 aliphatic carbocycles. The van der Waals surface area contributed by atoms with Crippen molar-refractivity contribution >= 4 is 15.9 Å². The number of rotatable bonds is 3. The molecule has 2 aliphatic rings. The SMILES string of the molecule is CC(C)(C)C(CBr)CC1CCC2(CCCCC2)O1. The van der Waals surface area contributed by atoms with Gasteiger partial charge in [-0.15, -0.1) is 0 Å². The second kappa shape index (κ2) is 5.83. The molecule has 0 bridgehead atoms. The summed E-state index contributed by atoms with van der Waals surface area (Å²) >= 11 is 3.69. The van der Waals surface area contributed by atoms with Crippen LogP contribution in [0.3, 0.4) is 0 Å². The molecule has 0 amide bonds. The minimum atomic E-state index is 0.289. The summed E-state index contributed by atoms with van der Waals surface area (Å²) in [6.07, 6.45) is 11.2. The van der Waals surface area contributed by atoms with Crippen LogP contribution in [0.2, 0.25) is 0 Å². The van der Waals surface area contributed by atoms with Crippen molar-refractivity contribution in [1.29, 1.82) is 0 Å². The van der Waals surface area contributed by atoms with E-state index in [2.05, 4.69) is 36.7 Å². The first kappa shape index (κ1) is 14.8. The highest BCUT2D eigenvalue weighted by Crippen LogP contribution is 2.44. The normalized spacial score (nSPS) is 29.7. The largest absolute Gasteiger partial charge is 0.372 e. The molecule has 18 heavy (non-hydrogen) atoms. The summed E-state index contributed by atoms with van der Waals surface area (Å²) in [5.74, 6) is 0.723. The van der Waals surface area contributed by atoms with Crippen molar-refractivity contribution in [2.24, 2.45) is 11.3 Å². The van der Waals surface area contributed by atoms with E-state index in [1.165, 1.54) is 51.4 Å². The topological polar surface area (TPSA) is 9.23 Å². The second-order valence-corrected chi connectivity index (χ2v) is 8.12. The maximum atomic E-state index is 6.50. The number of halogens is 1. The summed E-state index contributed by atoms with van der Waals surface area (Å²) < 4.78 is 6.50. The van der Waals surface area contributed by atoms with Crippen LogP contribution in [0.5, 0.6) is 0 Å². The van der Waals surface area contributed by atoms with Crippen LogP contribution >= 0.6 is 15.9 Å². The lowest BCUT2D eigenvalue weighted by atomic mass is 9.78. The summed E-state index contributed by atoms with van der Waals surface area (Å²) in [6.45, 7) is 7.05. The first-order chi connectivity index (χ1) is 8.45. The minimum absolute atomic E-state index is 0.289. The molecule has 1 heterocycles. The van der Waals surface area contributed by atoms with Crippen LogP contribution in [0.25, 0.3) is 0 Å². The van der Waals surface area contributed by atoms with E-state index in [-0.39, 0.29) is 5.60 Å². The van der Waals surface area contributed by atoms with Crippen LogP contribution in [-0.4, -0.2) is 17.0 Å². The zero-order chi connectivity index (χ0) is 13.2. The summed E-state index contributed by atoms with van der Waals surface area (Å²) in [6, 6.07) is 0. The van der Waals surface area contributed by atoms with E-state index in [4.69, 9.17) is 4.74 Å². The van der Waals surface area contributed by atoms with Gasteiger partial charge in [-0.1, -0.05) is 56.0 Å². The van der Waals surface area contributed by atoms with Gasteiger partial charge in [-0.2, -0.15) is 0 Å². The third-order valence-corrected chi connectivity index (χ3v) is 5.84. The van der Waals surface area contributed by atoms with Crippen LogP contribution in [-0.2, 0) is 4.74 Å². The van der Waals surface area contributed by atoms with Gasteiger partial charge in [0.2, 0.25) is 0 Å². The van der Waals surface area contributed by atoms with Crippen molar-refractivity contribution in [3.63, 3.8) is 0 Å². The number of hydrogen-bond donors (Lipinski definition) is 0. The van der Waals surface area contributed by atoms with Gasteiger partial charge in [0, 0.05) is 5.33 Å². The van der Waals surface area contributed by atoms with Crippen LogP contribution in [0.4, 0.5) is 0 Å². The van der Waals surface area contributed by atoms with Crippen molar-refractivity contribution in [2.45, 2.75) is 83.8 Å². The molecule has 1 nitrogen and oxygen atoms in total. The van der Waals surface area contributed by atoms with E-state index in [0.29, 0.717) is 11.5 Å². The molecule has 2 heteroatoms. The van der Waals surface area contributed by atoms with Gasteiger partial charge in [0.05, 0.1) is 11.7 Å². The maximum Gasteiger partial charge on any atom is 0.0687 e. The quantitative estimate of drug-likeness (QED) is 0.641. The molecule has 106 valence electrons. The average molecular weight is 317 g/mol. The predicted molar refractivity (Wildman–Crippen MR) is 81.3 cm³/mol. The van der Waals surface area contributed by atoms with Crippen molar-refractivity contribution in [2.75, 3.05) is 5.33 Å². The number of hydrogen-bond acceptors (Lipinski definition) is 1. The Bertz CT molecular complexity index is 263. The Morgan fingerprint density at radius 3 is 2.39 bits per heavy atom. The molecule has 1 saturated heterocycles. The van der Waals surface area contributed by atoms with E-state index >= 15 is 0 Å². The van der Waals surface area contributed by atoms with E-state index in [1.54, 1.807) is 0 Å². The fraction of sp³-hybridized carbons (Fsp3) is 1.00. The fourth-order valence-electron chi connectivity index (χ4n) is 3.59. The molecule has 2 unspecified atom stereocenters. The summed E-state index contributed by atoms with van der Waals surface area (Å²) in [5, 5.41) is 1.10. The Hall–Kier alpha value is 0.440. The Balaban J connectivity index is 1.88. The first-order valence-corrected chi connectivity index (χ1v) is 8.81. The highest BCUT2D eigenvalue weighted by molar-refractivity contribution is 9.09. The molecule has 1 saturated carbocycles. The number of ether oxygens (including phenoxy) is 1. The monoisotopic (exact) mass is 316 g/mol. The molecule has 2 rings (SSSR count). The molecule has 1 aliphatic heterocycles. The number of alkyl halides is 1. The molecule has 0 aromatic carbocycles. The lowest BCUT2D eigenvalue weighted by molar-refractivity contribution is -0.0727. The standard InChI is InChI=1S/C16H29BrO/c1-15(2,3)13(12-17)11-14-7-10-16(18-14)8-5-4-6-9-16/h13-14H,4-12H2,1-3H3. The van der Waals surface area contributed by atoms with Gasteiger partial charge in [0.15, 0.2) is 0 Å². The highest BCUT2D eigenvalue weighted by Gasteiger charge is 2.42. The smallest absolute Gasteiger partial charge is 0.0687 e. The van der Waals surface area contributed by atoms with Crippen molar-refractivity contribution in [1.82, 2.24) is 0 Å². The molecule has 2 fully saturated rings. The van der Waals surface area contributed by atoms with Gasteiger partial charge >= 0.3 is 0 Å². The highest BCUT2D eigenvalue weighted by atomic mass is 79.9. The van der Waals surface area contributed by atoms with Gasteiger partial charge in [0.25, 0.3) is 0 Å². The van der Waals surface area contributed by atoms with Crippen molar-refractivity contribution in [3.8, 4) is 0 Å². The van der Waals surface area contributed by atoms with Gasteiger partial charge < -0.3 is 4.74 Å². The Kier molecular flexibility index (Phi) is 4.80. The Morgan fingerprint density at radius 1 is 1.17 bits per heavy atom. The van der Waals surface area contributed by atoms with Crippen LogP contribution in [0.15, 0.2) is 0 Å². The predicted octanol–water partition coefficient (Wildman–Crippen LogP) is 5.32.